The number of thiophene rings is 1. The summed E-state index contributed by atoms with van der Waals surface area (Å²) in [7, 11) is 1.96. The lowest BCUT2D eigenvalue weighted by molar-refractivity contribution is 0.951. The molecule has 3 rings (SSSR count). The van der Waals surface area contributed by atoms with E-state index in [9.17, 15) is 0 Å². The summed E-state index contributed by atoms with van der Waals surface area (Å²) in [5, 5.41) is 0. The lowest BCUT2D eigenvalue weighted by atomic mass is 10.3. The minimum atomic E-state index is 0.489. The minimum absolute atomic E-state index is 0.489. The summed E-state index contributed by atoms with van der Waals surface area (Å²) in [4.78, 5) is 8.56. The van der Waals surface area contributed by atoms with Crippen LogP contribution in [-0.4, -0.2) is 14.5 Å². The molecule has 3 heterocycles. The van der Waals surface area contributed by atoms with Crippen molar-refractivity contribution >= 4 is 54.3 Å². The van der Waals surface area contributed by atoms with E-state index in [2.05, 4.69) is 25.9 Å². The zero-order valence-electron chi connectivity index (χ0n) is 7.86. The van der Waals surface area contributed by atoms with Crippen LogP contribution in [0, 0.1) is 0 Å². The second kappa shape index (κ2) is 2.93. The van der Waals surface area contributed by atoms with E-state index in [0.29, 0.717) is 5.82 Å². The molecule has 0 unspecified atom stereocenters. The van der Waals surface area contributed by atoms with Gasteiger partial charge in [0.2, 0.25) is 0 Å². The second-order valence-corrected chi connectivity index (χ2v) is 5.75. The number of halogens is 1. The van der Waals surface area contributed by atoms with Crippen LogP contribution < -0.4 is 5.73 Å². The zero-order valence-corrected chi connectivity index (χ0v) is 10.3. The van der Waals surface area contributed by atoms with Crippen LogP contribution in [0.5, 0.6) is 0 Å². The highest BCUT2D eigenvalue weighted by Gasteiger charge is 2.12. The predicted molar refractivity (Wildman–Crippen MR) is 66.0 cm³/mol. The van der Waals surface area contributed by atoms with E-state index >= 15 is 0 Å². The van der Waals surface area contributed by atoms with Crippen molar-refractivity contribution in [3.63, 3.8) is 0 Å². The van der Waals surface area contributed by atoms with Gasteiger partial charge in [-0.3, -0.25) is 0 Å². The van der Waals surface area contributed by atoms with Crippen LogP contribution in [0.15, 0.2) is 16.2 Å². The Balaban J connectivity index is 2.66. The fourth-order valence-electron chi connectivity index (χ4n) is 1.67. The van der Waals surface area contributed by atoms with Gasteiger partial charge in [0, 0.05) is 7.05 Å². The van der Waals surface area contributed by atoms with Crippen LogP contribution in [0.25, 0.3) is 21.3 Å². The van der Waals surface area contributed by atoms with Crippen molar-refractivity contribution in [2.75, 3.05) is 5.73 Å². The normalized spacial score (nSPS) is 11.6. The van der Waals surface area contributed by atoms with Gasteiger partial charge >= 0.3 is 0 Å². The minimum Gasteiger partial charge on any atom is -0.382 e. The molecule has 0 aliphatic rings. The van der Waals surface area contributed by atoms with Crippen molar-refractivity contribution < 1.29 is 0 Å². The van der Waals surface area contributed by atoms with Gasteiger partial charge in [-0.15, -0.1) is 11.3 Å². The van der Waals surface area contributed by atoms with Crippen LogP contribution in [0.4, 0.5) is 5.82 Å². The molecule has 3 aromatic rings. The number of pyridine rings is 1. The maximum Gasteiger partial charge on any atom is 0.152 e. The zero-order chi connectivity index (χ0) is 10.6. The van der Waals surface area contributed by atoms with Crippen molar-refractivity contribution in [1.29, 1.82) is 0 Å². The molecule has 6 heteroatoms. The highest BCUT2D eigenvalue weighted by atomic mass is 79.9. The number of fused-ring (bicyclic) bond motifs is 3. The Kier molecular flexibility index (Phi) is 1.78. The molecule has 76 valence electrons. The van der Waals surface area contributed by atoms with Crippen molar-refractivity contribution in [3.8, 4) is 0 Å². The van der Waals surface area contributed by atoms with E-state index in [4.69, 9.17) is 5.73 Å². The number of nitrogens with two attached hydrogens (primary N) is 1. The molecular formula is C9H7BrN4S. The average Bonchev–Trinajstić information content (AvgIpc) is 2.69. The van der Waals surface area contributed by atoms with E-state index in [0.717, 1.165) is 25.0 Å². The third-order valence-corrected chi connectivity index (χ3v) is 3.95. The van der Waals surface area contributed by atoms with Crippen LogP contribution in [-0.2, 0) is 7.05 Å². The van der Waals surface area contributed by atoms with E-state index in [1.54, 1.807) is 17.7 Å². The monoisotopic (exact) mass is 282 g/mol. The van der Waals surface area contributed by atoms with Crippen LogP contribution >= 0.6 is 27.3 Å². The Morgan fingerprint density at radius 1 is 1.53 bits per heavy atom. The average molecular weight is 283 g/mol. The predicted octanol–water partition coefficient (Wildman–Crippen LogP) is 2.53. The molecule has 4 nitrogen and oxygen atoms in total. The molecule has 0 amide bonds. The van der Waals surface area contributed by atoms with Gasteiger partial charge in [0.05, 0.1) is 25.8 Å². The third kappa shape index (κ3) is 1.18. The highest BCUT2D eigenvalue weighted by Crippen LogP contribution is 2.35. The van der Waals surface area contributed by atoms with Crippen LogP contribution in [0.1, 0.15) is 0 Å². The largest absolute Gasteiger partial charge is 0.382 e. The maximum absolute atomic E-state index is 5.85. The molecular weight excluding hydrogens is 276 g/mol. The summed E-state index contributed by atoms with van der Waals surface area (Å²) < 4.78 is 4.14. The number of nitrogen functional groups attached to an aromatic ring is 1. The molecule has 3 aromatic heterocycles. The number of hydrogen-bond donors (Lipinski definition) is 1. The number of nitrogens with zero attached hydrogens (tertiary/aromatic N) is 3. The molecule has 0 spiro atoms. The van der Waals surface area contributed by atoms with Crippen molar-refractivity contribution in [2.45, 2.75) is 0 Å². The first kappa shape index (κ1) is 9.11. The molecule has 15 heavy (non-hydrogen) atoms. The maximum atomic E-state index is 5.85. The Morgan fingerprint density at radius 3 is 3.13 bits per heavy atom. The Bertz CT molecular complexity index is 669. The van der Waals surface area contributed by atoms with E-state index in [1.807, 2.05) is 17.7 Å². The summed E-state index contributed by atoms with van der Waals surface area (Å²) in [5.41, 5.74) is 8.59. The number of aromatic nitrogens is 3. The first-order valence-corrected chi connectivity index (χ1v) is 5.93. The summed E-state index contributed by atoms with van der Waals surface area (Å²) in [6.45, 7) is 0. The quantitative estimate of drug-likeness (QED) is 0.689. The SMILES string of the molecule is Cn1cnc2c(N)nc3cc(Br)sc3c21. The number of rotatable bonds is 0. The first-order chi connectivity index (χ1) is 7.16. The third-order valence-electron chi connectivity index (χ3n) is 2.32. The van der Waals surface area contributed by atoms with Gasteiger partial charge in [0.25, 0.3) is 0 Å². The van der Waals surface area contributed by atoms with Gasteiger partial charge in [0.15, 0.2) is 5.82 Å². The molecule has 0 atom stereocenters. The smallest absolute Gasteiger partial charge is 0.152 e. The van der Waals surface area contributed by atoms with E-state index in [1.165, 1.54) is 0 Å². The molecule has 0 aliphatic carbocycles. The molecule has 0 aromatic carbocycles. The summed E-state index contributed by atoms with van der Waals surface area (Å²) in [6.07, 6.45) is 1.76. The number of aryl methyl sites for hydroxylation is 1. The van der Waals surface area contributed by atoms with Crippen LogP contribution in [0.3, 0.4) is 0 Å². The van der Waals surface area contributed by atoms with Crippen molar-refractivity contribution in [2.24, 2.45) is 7.05 Å². The molecule has 0 saturated carbocycles. The van der Waals surface area contributed by atoms with Gasteiger partial charge in [-0.1, -0.05) is 0 Å². The highest BCUT2D eigenvalue weighted by molar-refractivity contribution is 9.11. The fraction of sp³-hybridized carbons (Fsp3) is 0.111. The number of anilines is 1. The summed E-state index contributed by atoms with van der Waals surface area (Å²) >= 11 is 5.10. The fourth-order valence-corrected chi connectivity index (χ4v) is 3.29. The topological polar surface area (TPSA) is 56.7 Å². The standard InChI is InChI=1S/C9H7BrN4S/c1-14-3-12-6-7(14)8-4(13-9(6)11)2-5(10)15-8/h2-3H,1H3,(H2,11,13). The Morgan fingerprint density at radius 2 is 2.33 bits per heavy atom. The van der Waals surface area contributed by atoms with Gasteiger partial charge < -0.3 is 10.3 Å². The van der Waals surface area contributed by atoms with Gasteiger partial charge in [-0.25, -0.2) is 9.97 Å². The molecule has 0 bridgehead atoms. The Labute approximate surface area is 97.9 Å². The lowest BCUT2D eigenvalue weighted by Crippen LogP contribution is -1.92. The lowest BCUT2D eigenvalue weighted by Gasteiger charge is -1.98. The van der Waals surface area contributed by atoms with Crippen molar-refractivity contribution in [3.05, 3.63) is 16.2 Å². The molecule has 0 saturated heterocycles. The van der Waals surface area contributed by atoms with E-state index < -0.39 is 0 Å². The summed E-state index contributed by atoms with van der Waals surface area (Å²) in [6, 6.07) is 1.98. The Hall–Kier alpha value is -1.14. The number of imidazole rings is 1. The van der Waals surface area contributed by atoms with Gasteiger partial charge in [0.1, 0.15) is 5.52 Å². The van der Waals surface area contributed by atoms with Gasteiger partial charge in [-0.2, -0.15) is 0 Å². The van der Waals surface area contributed by atoms with Crippen LogP contribution in [0.2, 0.25) is 0 Å². The van der Waals surface area contributed by atoms with Crippen molar-refractivity contribution in [1.82, 2.24) is 14.5 Å². The first-order valence-electron chi connectivity index (χ1n) is 4.32. The second-order valence-electron chi connectivity index (χ2n) is 3.31. The van der Waals surface area contributed by atoms with E-state index in [-0.39, 0.29) is 0 Å². The molecule has 0 fully saturated rings. The molecule has 0 radical (unpaired) electrons. The summed E-state index contributed by atoms with van der Waals surface area (Å²) in [5.74, 6) is 0.489. The molecule has 2 N–H and O–H groups in total. The number of hydrogen-bond acceptors (Lipinski definition) is 4. The van der Waals surface area contributed by atoms with Gasteiger partial charge in [-0.05, 0) is 22.0 Å². The molecule has 0 aliphatic heterocycles.